The van der Waals surface area contributed by atoms with E-state index in [4.69, 9.17) is 4.74 Å². The Labute approximate surface area is 169 Å². The molecule has 2 saturated heterocycles. The standard InChI is InChI=1S/C23H24FNO4/c24-18-8-4-7-17(13-18)23(9-11-29-12-10-23)22(28)25-14-19(20(15-25)21(26)27)16-5-2-1-3-6-16/h1-8,13,19-20H,9-12,14-15H2,(H,26,27). The predicted molar refractivity (Wildman–Crippen MR) is 105 cm³/mol. The number of aliphatic carboxylic acids is 1. The van der Waals surface area contributed by atoms with Crippen molar-refractivity contribution in [2.24, 2.45) is 5.92 Å². The van der Waals surface area contributed by atoms with E-state index in [1.54, 1.807) is 17.0 Å². The van der Waals surface area contributed by atoms with Gasteiger partial charge >= 0.3 is 5.97 Å². The summed E-state index contributed by atoms with van der Waals surface area (Å²) in [5.74, 6) is -2.34. The number of hydrogen-bond donors (Lipinski definition) is 1. The zero-order chi connectivity index (χ0) is 20.4. The largest absolute Gasteiger partial charge is 0.481 e. The van der Waals surface area contributed by atoms with Gasteiger partial charge in [0.1, 0.15) is 5.82 Å². The molecule has 0 saturated carbocycles. The lowest BCUT2D eigenvalue weighted by atomic mass is 9.73. The van der Waals surface area contributed by atoms with Gasteiger partial charge in [-0.1, -0.05) is 42.5 Å². The third-order valence-corrected chi connectivity index (χ3v) is 6.28. The molecule has 1 N–H and O–H groups in total. The predicted octanol–water partition coefficient (Wildman–Crippen LogP) is 3.20. The molecule has 2 aromatic carbocycles. The van der Waals surface area contributed by atoms with Crippen LogP contribution in [-0.2, 0) is 19.7 Å². The van der Waals surface area contributed by atoms with E-state index in [-0.39, 0.29) is 24.2 Å². The SMILES string of the molecule is O=C(O)C1CN(C(=O)C2(c3cccc(F)c3)CCOCC2)CC1c1ccccc1. The Kier molecular flexibility index (Phi) is 5.37. The summed E-state index contributed by atoms with van der Waals surface area (Å²) in [5, 5.41) is 9.76. The topological polar surface area (TPSA) is 66.8 Å². The highest BCUT2D eigenvalue weighted by atomic mass is 19.1. The zero-order valence-corrected chi connectivity index (χ0v) is 16.1. The average Bonchev–Trinajstić information content (AvgIpc) is 3.20. The van der Waals surface area contributed by atoms with Crippen molar-refractivity contribution >= 4 is 11.9 Å². The van der Waals surface area contributed by atoms with Crippen molar-refractivity contribution < 1.29 is 23.8 Å². The number of likely N-dealkylation sites (tertiary alicyclic amines) is 1. The van der Waals surface area contributed by atoms with Gasteiger partial charge in [0.2, 0.25) is 5.91 Å². The minimum Gasteiger partial charge on any atom is -0.481 e. The molecular formula is C23H24FNO4. The van der Waals surface area contributed by atoms with Crippen LogP contribution in [-0.4, -0.2) is 48.2 Å². The Morgan fingerprint density at radius 2 is 1.76 bits per heavy atom. The first-order chi connectivity index (χ1) is 14.0. The molecule has 6 heteroatoms. The van der Waals surface area contributed by atoms with Gasteiger partial charge in [-0.05, 0) is 36.1 Å². The van der Waals surface area contributed by atoms with Crippen molar-refractivity contribution in [1.82, 2.24) is 4.90 Å². The second kappa shape index (κ2) is 7.95. The maximum absolute atomic E-state index is 14.0. The van der Waals surface area contributed by atoms with E-state index in [0.29, 0.717) is 38.2 Å². The van der Waals surface area contributed by atoms with Gasteiger partial charge in [0, 0.05) is 32.2 Å². The molecule has 0 aromatic heterocycles. The van der Waals surface area contributed by atoms with Crippen LogP contribution in [0.4, 0.5) is 4.39 Å². The number of ether oxygens (including phenoxy) is 1. The molecule has 2 fully saturated rings. The van der Waals surface area contributed by atoms with Gasteiger partial charge in [0.25, 0.3) is 0 Å². The molecule has 4 rings (SSSR count). The second-order valence-electron chi connectivity index (χ2n) is 7.88. The lowest BCUT2D eigenvalue weighted by molar-refractivity contribution is -0.143. The van der Waals surface area contributed by atoms with E-state index in [0.717, 1.165) is 5.56 Å². The maximum Gasteiger partial charge on any atom is 0.308 e. The number of halogens is 1. The summed E-state index contributed by atoms with van der Waals surface area (Å²) in [7, 11) is 0. The minimum absolute atomic E-state index is 0.129. The van der Waals surface area contributed by atoms with Crippen LogP contribution in [0.1, 0.15) is 29.9 Å². The maximum atomic E-state index is 14.0. The molecule has 1 amide bonds. The second-order valence-corrected chi connectivity index (χ2v) is 7.88. The van der Waals surface area contributed by atoms with E-state index in [1.807, 2.05) is 30.3 Å². The molecule has 2 unspecified atom stereocenters. The van der Waals surface area contributed by atoms with Gasteiger partial charge in [-0.2, -0.15) is 0 Å². The summed E-state index contributed by atoms with van der Waals surface area (Å²) in [4.78, 5) is 27.3. The molecule has 0 aliphatic carbocycles. The smallest absolute Gasteiger partial charge is 0.308 e. The molecule has 0 spiro atoms. The van der Waals surface area contributed by atoms with E-state index >= 15 is 0 Å². The Morgan fingerprint density at radius 3 is 2.41 bits per heavy atom. The number of carboxylic acids is 1. The normalized spacial score (nSPS) is 23.7. The summed E-state index contributed by atoms with van der Waals surface area (Å²) in [6.45, 7) is 1.34. The van der Waals surface area contributed by atoms with Crippen LogP contribution in [0.3, 0.4) is 0 Å². The Hall–Kier alpha value is -2.73. The number of carbonyl (C=O) groups is 2. The lowest BCUT2D eigenvalue weighted by Crippen LogP contribution is -2.49. The van der Waals surface area contributed by atoms with Crippen LogP contribution < -0.4 is 0 Å². The molecule has 2 aromatic rings. The zero-order valence-electron chi connectivity index (χ0n) is 16.1. The number of nitrogens with zero attached hydrogens (tertiary/aromatic N) is 1. The van der Waals surface area contributed by atoms with Gasteiger partial charge in [-0.3, -0.25) is 9.59 Å². The fourth-order valence-electron chi connectivity index (χ4n) is 4.69. The highest BCUT2D eigenvalue weighted by Crippen LogP contribution is 2.41. The van der Waals surface area contributed by atoms with Crippen LogP contribution in [0.5, 0.6) is 0 Å². The summed E-state index contributed by atoms with van der Waals surface area (Å²) in [5.41, 5.74) is 0.678. The van der Waals surface area contributed by atoms with Gasteiger partial charge in [-0.15, -0.1) is 0 Å². The third-order valence-electron chi connectivity index (χ3n) is 6.28. The fourth-order valence-corrected chi connectivity index (χ4v) is 4.69. The summed E-state index contributed by atoms with van der Waals surface area (Å²) >= 11 is 0. The Morgan fingerprint density at radius 1 is 1.03 bits per heavy atom. The van der Waals surface area contributed by atoms with Crippen LogP contribution in [0.15, 0.2) is 54.6 Å². The number of carbonyl (C=O) groups excluding carboxylic acids is 1. The van der Waals surface area contributed by atoms with E-state index < -0.39 is 17.3 Å². The molecule has 2 heterocycles. The number of amides is 1. The molecular weight excluding hydrogens is 373 g/mol. The minimum atomic E-state index is -0.902. The number of benzene rings is 2. The van der Waals surface area contributed by atoms with Gasteiger partial charge in [-0.25, -0.2) is 4.39 Å². The molecule has 29 heavy (non-hydrogen) atoms. The van der Waals surface area contributed by atoms with E-state index in [1.165, 1.54) is 12.1 Å². The summed E-state index contributed by atoms with van der Waals surface area (Å²) in [6.07, 6.45) is 0.916. The molecule has 2 atom stereocenters. The first-order valence-corrected chi connectivity index (χ1v) is 9.92. The van der Waals surface area contributed by atoms with E-state index in [2.05, 4.69) is 0 Å². The van der Waals surface area contributed by atoms with Crippen LogP contribution in [0.25, 0.3) is 0 Å². The summed E-state index contributed by atoms with van der Waals surface area (Å²) < 4.78 is 19.4. The van der Waals surface area contributed by atoms with Crippen molar-refractivity contribution in [2.45, 2.75) is 24.2 Å². The summed E-state index contributed by atoms with van der Waals surface area (Å²) in [6, 6.07) is 15.6. The van der Waals surface area contributed by atoms with Gasteiger partial charge in [0.05, 0.1) is 11.3 Å². The van der Waals surface area contributed by atoms with Gasteiger partial charge < -0.3 is 14.7 Å². The van der Waals surface area contributed by atoms with E-state index in [9.17, 15) is 19.1 Å². The van der Waals surface area contributed by atoms with Crippen molar-refractivity contribution in [3.8, 4) is 0 Å². The van der Waals surface area contributed by atoms with Crippen molar-refractivity contribution in [3.05, 3.63) is 71.5 Å². The lowest BCUT2D eigenvalue weighted by Gasteiger charge is -2.39. The van der Waals surface area contributed by atoms with Crippen molar-refractivity contribution in [3.63, 3.8) is 0 Å². The van der Waals surface area contributed by atoms with Gasteiger partial charge in [0.15, 0.2) is 0 Å². The average molecular weight is 397 g/mol. The molecule has 2 aliphatic heterocycles. The Balaban J connectivity index is 1.67. The molecule has 0 radical (unpaired) electrons. The van der Waals surface area contributed by atoms with Crippen molar-refractivity contribution in [1.29, 1.82) is 0 Å². The van der Waals surface area contributed by atoms with Crippen molar-refractivity contribution in [2.75, 3.05) is 26.3 Å². The molecule has 5 nitrogen and oxygen atoms in total. The number of rotatable bonds is 4. The number of carboxylic acid groups (broad SMARTS) is 1. The first kappa shape index (κ1) is 19.6. The van der Waals surface area contributed by atoms with Crippen LogP contribution in [0, 0.1) is 11.7 Å². The monoisotopic (exact) mass is 397 g/mol. The Bertz CT molecular complexity index is 895. The number of hydrogen-bond acceptors (Lipinski definition) is 3. The van der Waals surface area contributed by atoms with Crippen LogP contribution >= 0.6 is 0 Å². The fraction of sp³-hybridized carbons (Fsp3) is 0.391. The quantitative estimate of drug-likeness (QED) is 0.860. The molecule has 0 bridgehead atoms. The third kappa shape index (κ3) is 3.65. The molecule has 2 aliphatic rings. The highest BCUT2D eigenvalue weighted by Gasteiger charge is 2.49. The molecule has 152 valence electrons. The highest BCUT2D eigenvalue weighted by molar-refractivity contribution is 5.89. The first-order valence-electron chi connectivity index (χ1n) is 9.92. The van der Waals surface area contributed by atoms with Crippen LogP contribution in [0.2, 0.25) is 0 Å².